The van der Waals surface area contributed by atoms with Crippen LogP contribution in [0, 0.1) is 5.92 Å². The normalized spacial score (nSPS) is 18.7. The number of amides is 2. The Morgan fingerprint density at radius 2 is 1.57 bits per heavy atom. The number of aromatic nitrogens is 2. The third-order valence-electron chi connectivity index (χ3n) is 5.35. The number of imide groups is 1. The van der Waals surface area contributed by atoms with Gasteiger partial charge in [0.05, 0.1) is 17.2 Å². The molecule has 9 nitrogen and oxygen atoms in total. The maximum atomic E-state index is 13.0. The summed E-state index contributed by atoms with van der Waals surface area (Å²) in [5.74, 6) is -0.295. The van der Waals surface area contributed by atoms with Gasteiger partial charge in [-0.05, 0) is 49.1 Å². The topological polar surface area (TPSA) is 110 Å². The van der Waals surface area contributed by atoms with E-state index in [1.165, 1.54) is 28.6 Å². The number of sulfonamides is 1. The third-order valence-corrected chi connectivity index (χ3v) is 7.26. The van der Waals surface area contributed by atoms with E-state index in [1.54, 1.807) is 18.5 Å². The predicted molar refractivity (Wildman–Crippen MR) is 107 cm³/mol. The Bertz CT molecular complexity index is 1000. The van der Waals surface area contributed by atoms with E-state index in [9.17, 15) is 18.0 Å². The zero-order chi connectivity index (χ0) is 21.1. The monoisotopic (exact) mass is 430 g/mol. The largest absolute Gasteiger partial charge is 0.463 e. The Morgan fingerprint density at radius 3 is 2.17 bits per heavy atom. The average molecular weight is 430 g/mol. The number of rotatable bonds is 6. The standard InChI is InChI=1S/C20H22N4O5S/c25-18-6-7-19(26)24(18)16-2-4-17(5-3-16)30(27,28)23-12-8-15(9-13-23)14-29-20-21-10-1-11-22-20/h1-5,10-11,15H,6-9,12-14H2. The van der Waals surface area contributed by atoms with Crippen LogP contribution in [0.25, 0.3) is 0 Å². The maximum Gasteiger partial charge on any atom is 0.316 e. The van der Waals surface area contributed by atoms with Crippen LogP contribution < -0.4 is 9.64 Å². The van der Waals surface area contributed by atoms with E-state index in [-0.39, 0.29) is 35.5 Å². The lowest BCUT2D eigenvalue weighted by Gasteiger charge is -2.31. The fourth-order valence-electron chi connectivity index (χ4n) is 3.65. The summed E-state index contributed by atoms with van der Waals surface area (Å²) in [5.41, 5.74) is 0.403. The number of ether oxygens (including phenoxy) is 1. The van der Waals surface area contributed by atoms with Crippen LogP contribution in [0.5, 0.6) is 6.01 Å². The first kappa shape index (κ1) is 20.4. The van der Waals surface area contributed by atoms with Gasteiger partial charge in [-0.25, -0.2) is 18.4 Å². The van der Waals surface area contributed by atoms with Crippen molar-refractivity contribution in [3.63, 3.8) is 0 Å². The fraction of sp³-hybridized carbons (Fsp3) is 0.400. The lowest BCUT2D eigenvalue weighted by atomic mass is 9.99. The first-order valence-electron chi connectivity index (χ1n) is 9.81. The van der Waals surface area contributed by atoms with Gasteiger partial charge in [0.1, 0.15) is 0 Å². The van der Waals surface area contributed by atoms with Gasteiger partial charge in [0.2, 0.25) is 21.8 Å². The molecule has 0 saturated carbocycles. The van der Waals surface area contributed by atoms with Gasteiger partial charge >= 0.3 is 6.01 Å². The fourth-order valence-corrected chi connectivity index (χ4v) is 5.12. The SMILES string of the molecule is O=C1CCC(=O)N1c1ccc(S(=O)(=O)N2CCC(COc3ncccn3)CC2)cc1. The van der Waals surface area contributed by atoms with Crippen LogP contribution in [0.15, 0.2) is 47.6 Å². The quantitative estimate of drug-likeness (QED) is 0.640. The van der Waals surface area contributed by atoms with Crippen LogP contribution in [0.4, 0.5) is 5.69 Å². The summed E-state index contributed by atoms with van der Waals surface area (Å²) in [6.07, 6.45) is 4.96. The van der Waals surface area contributed by atoms with Crippen LogP contribution in [-0.4, -0.2) is 54.2 Å². The highest BCUT2D eigenvalue weighted by Gasteiger charge is 2.32. The van der Waals surface area contributed by atoms with Crippen molar-refractivity contribution in [2.75, 3.05) is 24.6 Å². The molecule has 0 atom stereocenters. The Hall–Kier alpha value is -2.85. The van der Waals surface area contributed by atoms with Gasteiger partial charge in [0.25, 0.3) is 0 Å². The lowest BCUT2D eigenvalue weighted by Crippen LogP contribution is -2.39. The number of nitrogens with zero attached hydrogens (tertiary/aromatic N) is 4. The van der Waals surface area contributed by atoms with E-state index in [0.29, 0.717) is 44.2 Å². The molecule has 0 radical (unpaired) electrons. The summed E-state index contributed by atoms with van der Waals surface area (Å²) < 4.78 is 33.0. The molecule has 0 N–H and O–H groups in total. The summed E-state index contributed by atoms with van der Waals surface area (Å²) in [7, 11) is -3.64. The van der Waals surface area contributed by atoms with Crippen molar-refractivity contribution in [3.8, 4) is 6.01 Å². The Kier molecular flexibility index (Phi) is 5.78. The lowest BCUT2D eigenvalue weighted by molar-refractivity contribution is -0.121. The summed E-state index contributed by atoms with van der Waals surface area (Å²) >= 11 is 0. The van der Waals surface area contributed by atoms with Crippen LogP contribution in [0.3, 0.4) is 0 Å². The minimum atomic E-state index is -3.64. The Balaban J connectivity index is 1.36. The van der Waals surface area contributed by atoms with E-state index in [4.69, 9.17) is 4.74 Å². The molecule has 4 rings (SSSR count). The molecule has 10 heteroatoms. The van der Waals surface area contributed by atoms with Gasteiger partial charge in [-0.2, -0.15) is 4.31 Å². The second-order valence-corrected chi connectivity index (χ2v) is 9.24. The predicted octanol–water partition coefficient (Wildman–Crippen LogP) is 1.61. The van der Waals surface area contributed by atoms with Crippen LogP contribution in [0.2, 0.25) is 0 Å². The van der Waals surface area contributed by atoms with Crippen molar-refractivity contribution < 1.29 is 22.7 Å². The number of hydrogen-bond acceptors (Lipinski definition) is 7. The summed E-state index contributed by atoms with van der Waals surface area (Å²) in [6.45, 7) is 1.25. The molecule has 158 valence electrons. The molecule has 30 heavy (non-hydrogen) atoms. The number of piperidine rings is 1. The molecule has 2 aliphatic rings. The van der Waals surface area contributed by atoms with E-state index in [1.807, 2.05) is 0 Å². The Labute approximate surface area is 174 Å². The minimum Gasteiger partial charge on any atom is -0.463 e. The van der Waals surface area contributed by atoms with Crippen molar-refractivity contribution in [2.24, 2.45) is 5.92 Å². The van der Waals surface area contributed by atoms with Crippen molar-refractivity contribution in [1.82, 2.24) is 14.3 Å². The van der Waals surface area contributed by atoms with Crippen molar-refractivity contribution >= 4 is 27.5 Å². The van der Waals surface area contributed by atoms with Crippen molar-refractivity contribution in [3.05, 3.63) is 42.7 Å². The van der Waals surface area contributed by atoms with Gasteiger partial charge in [-0.3, -0.25) is 14.5 Å². The molecule has 0 unspecified atom stereocenters. The van der Waals surface area contributed by atoms with Gasteiger partial charge < -0.3 is 4.74 Å². The highest BCUT2D eigenvalue weighted by molar-refractivity contribution is 7.89. The molecule has 2 amide bonds. The number of anilines is 1. The van der Waals surface area contributed by atoms with Gasteiger partial charge in [-0.1, -0.05) is 0 Å². The van der Waals surface area contributed by atoms with E-state index < -0.39 is 10.0 Å². The molecule has 2 fully saturated rings. The summed E-state index contributed by atoms with van der Waals surface area (Å²) in [5, 5.41) is 0. The van der Waals surface area contributed by atoms with Gasteiger partial charge in [0, 0.05) is 38.3 Å². The molecule has 0 bridgehead atoms. The molecule has 1 aromatic carbocycles. The molecule has 2 saturated heterocycles. The molecule has 3 heterocycles. The number of benzene rings is 1. The molecule has 2 aromatic rings. The number of hydrogen-bond donors (Lipinski definition) is 0. The first-order chi connectivity index (χ1) is 14.4. The highest BCUT2D eigenvalue weighted by atomic mass is 32.2. The minimum absolute atomic E-state index is 0.151. The molecule has 1 aromatic heterocycles. The van der Waals surface area contributed by atoms with E-state index >= 15 is 0 Å². The zero-order valence-corrected chi connectivity index (χ0v) is 17.1. The van der Waals surface area contributed by atoms with Crippen molar-refractivity contribution in [1.29, 1.82) is 0 Å². The number of carbonyl (C=O) groups excluding carboxylic acids is 2. The van der Waals surface area contributed by atoms with E-state index in [2.05, 4.69) is 9.97 Å². The van der Waals surface area contributed by atoms with Gasteiger partial charge in [-0.15, -0.1) is 0 Å². The third kappa shape index (κ3) is 4.19. The van der Waals surface area contributed by atoms with Gasteiger partial charge in [0.15, 0.2) is 0 Å². The summed E-state index contributed by atoms with van der Waals surface area (Å²) in [6, 6.07) is 7.95. The van der Waals surface area contributed by atoms with Crippen LogP contribution in [0.1, 0.15) is 25.7 Å². The maximum absolute atomic E-state index is 13.0. The van der Waals surface area contributed by atoms with Crippen LogP contribution in [-0.2, 0) is 19.6 Å². The van der Waals surface area contributed by atoms with E-state index in [0.717, 1.165) is 4.90 Å². The first-order valence-corrected chi connectivity index (χ1v) is 11.2. The second-order valence-electron chi connectivity index (χ2n) is 7.31. The van der Waals surface area contributed by atoms with Crippen LogP contribution >= 0.6 is 0 Å². The second kappa shape index (κ2) is 8.49. The molecule has 0 spiro atoms. The summed E-state index contributed by atoms with van der Waals surface area (Å²) in [4.78, 5) is 33.0. The Morgan fingerprint density at radius 1 is 0.967 bits per heavy atom. The molecule has 2 aliphatic heterocycles. The smallest absolute Gasteiger partial charge is 0.316 e. The zero-order valence-electron chi connectivity index (χ0n) is 16.3. The average Bonchev–Trinajstić information content (AvgIpc) is 3.11. The number of carbonyl (C=O) groups is 2. The highest BCUT2D eigenvalue weighted by Crippen LogP contribution is 2.27. The van der Waals surface area contributed by atoms with Crippen molar-refractivity contribution in [2.45, 2.75) is 30.6 Å². The molecule has 0 aliphatic carbocycles. The molecular formula is C20H22N4O5S. The molecular weight excluding hydrogens is 408 g/mol.